The number of aromatic nitrogens is 2. The Bertz CT molecular complexity index is 646. The average Bonchev–Trinajstić information content (AvgIpc) is 2.48. The van der Waals surface area contributed by atoms with Gasteiger partial charge in [0.25, 0.3) is 5.91 Å². The number of hydrogen-bond donors (Lipinski definition) is 3. The molecule has 1 aliphatic heterocycles. The highest BCUT2D eigenvalue weighted by molar-refractivity contribution is 9.10. The van der Waals surface area contributed by atoms with Gasteiger partial charge >= 0.3 is 6.09 Å². The van der Waals surface area contributed by atoms with Gasteiger partial charge in [0.1, 0.15) is 4.60 Å². The predicted octanol–water partition coefficient (Wildman–Crippen LogP) is 2.11. The minimum Gasteiger partial charge on any atom is -0.465 e. The van der Waals surface area contributed by atoms with E-state index in [0.29, 0.717) is 24.0 Å². The first-order chi connectivity index (χ1) is 11.1. The molecule has 2 heterocycles. The van der Waals surface area contributed by atoms with E-state index in [4.69, 9.17) is 5.73 Å². The summed E-state index contributed by atoms with van der Waals surface area (Å²) in [6.07, 6.45) is 1.81. The Morgan fingerprint density at radius 1 is 1.46 bits per heavy atom. The van der Waals surface area contributed by atoms with E-state index in [-0.39, 0.29) is 29.0 Å². The van der Waals surface area contributed by atoms with Crippen LogP contribution in [0, 0.1) is 5.41 Å². The summed E-state index contributed by atoms with van der Waals surface area (Å²) in [6, 6.07) is -0.656. The lowest BCUT2D eigenvalue weighted by Gasteiger charge is -2.46. The normalized spacial score (nSPS) is 21.4. The van der Waals surface area contributed by atoms with Crippen molar-refractivity contribution in [1.82, 2.24) is 20.2 Å². The number of nitrogens with one attached hydrogen (secondary N) is 1. The van der Waals surface area contributed by atoms with E-state index in [1.807, 2.05) is 20.8 Å². The molecular weight excluding hydrogens is 378 g/mol. The zero-order valence-corrected chi connectivity index (χ0v) is 15.5. The largest absolute Gasteiger partial charge is 0.465 e. The minimum absolute atomic E-state index is 0.0319. The second-order valence-corrected chi connectivity index (χ2v) is 7.75. The van der Waals surface area contributed by atoms with Gasteiger partial charge in [-0.2, -0.15) is 0 Å². The van der Waals surface area contributed by atoms with Gasteiger partial charge in [-0.15, -0.1) is 0 Å². The standard InChI is InChI=1S/C15H22BrN5O3/c1-15(2,3)11-8(5-4-6-21(11)14(23)24)19-13(22)10-12(17)18-7-9(16)20-10/h7-8,11H,4-6H2,1-3H3,(H2,17,18)(H,19,22)(H,23,24). The number of amides is 2. The van der Waals surface area contributed by atoms with Gasteiger partial charge in [0.2, 0.25) is 0 Å². The monoisotopic (exact) mass is 399 g/mol. The SMILES string of the molecule is CC(C)(C)C1C(NC(=O)c2nc(Br)cnc2N)CCCN1C(=O)O. The van der Waals surface area contributed by atoms with Crippen molar-refractivity contribution in [2.75, 3.05) is 12.3 Å². The summed E-state index contributed by atoms with van der Waals surface area (Å²) in [5.41, 5.74) is 5.44. The first kappa shape index (κ1) is 18.4. The molecule has 1 saturated heterocycles. The molecule has 2 amide bonds. The molecule has 2 atom stereocenters. The molecule has 0 aromatic carbocycles. The number of halogens is 1. The molecule has 1 fully saturated rings. The molecule has 9 heteroatoms. The third kappa shape index (κ3) is 3.95. The summed E-state index contributed by atoms with van der Waals surface area (Å²) in [7, 11) is 0. The highest BCUT2D eigenvalue weighted by Crippen LogP contribution is 2.32. The second kappa shape index (κ2) is 6.92. The van der Waals surface area contributed by atoms with Crippen LogP contribution in [0.3, 0.4) is 0 Å². The Morgan fingerprint density at radius 2 is 2.12 bits per heavy atom. The van der Waals surface area contributed by atoms with Crippen molar-refractivity contribution in [1.29, 1.82) is 0 Å². The first-order valence-corrected chi connectivity index (χ1v) is 8.49. The Kier molecular flexibility index (Phi) is 5.32. The third-order valence-electron chi connectivity index (χ3n) is 4.07. The lowest BCUT2D eigenvalue weighted by molar-refractivity contribution is 0.0358. The molecule has 0 radical (unpaired) electrons. The lowest BCUT2D eigenvalue weighted by atomic mass is 9.77. The molecule has 0 aliphatic carbocycles. The number of carboxylic acid groups (broad SMARTS) is 1. The summed E-state index contributed by atoms with van der Waals surface area (Å²) in [6.45, 7) is 6.35. The van der Waals surface area contributed by atoms with Crippen LogP contribution in [-0.2, 0) is 0 Å². The van der Waals surface area contributed by atoms with Gasteiger partial charge in [0, 0.05) is 6.54 Å². The molecule has 132 valence electrons. The Labute approximate surface area is 149 Å². The number of nitrogens with zero attached hydrogens (tertiary/aromatic N) is 3. The van der Waals surface area contributed by atoms with Crippen molar-refractivity contribution in [2.24, 2.45) is 5.41 Å². The first-order valence-electron chi connectivity index (χ1n) is 7.69. The molecule has 2 unspecified atom stereocenters. The van der Waals surface area contributed by atoms with Crippen LogP contribution in [0.5, 0.6) is 0 Å². The highest BCUT2D eigenvalue weighted by atomic mass is 79.9. The van der Waals surface area contributed by atoms with Crippen molar-refractivity contribution < 1.29 is 14.7 Å². The van der Waals surface area contributed by atoms with Crippen LogP contribution >= 0.6 is 15.9 Å². The molecule has 0 bridgehead atoms. The fourth-order valence-electron chi connectivity index (χ4n) is 3.21. The topological polar surface area (TPSA) is 121 Å². The van der Waals surface area contributed by atoms with Crippen molar-refractivity contribution in [3.05, 3.63) is 16.5 Å². The quantitative estimate of drug-likeness (QED) is 0.699. The van der Waals surface area contributed by atoms with Crippen LogP contribution in [0.25, 0.3) is 0 Å². The maximum atomic E-state index is 12.6. The van der Waals surface area contributed by atoms with E-state index in [1.54, 1.807) is 0 Å². The van der Waals surface area contributed by atoms with Crippen molar-refractivity contribution in [2.45, 2.75) is 45.7 Å². The number of nitrogens with two attached hydrogens (primary N) is 1. The number of piperidine rings is 1. The average molecular weight is 400 g/mol. The molecule has 8 nitrogen and oxygen atoms in total. The number of carbonyl (C=O) groups is 2. The molecular formula is C15H22BrN5O3. The highest BCUT2D eigenvalue weighted by Gasteiger charge is 2.42. The number of likely N-dealkylation sites (tertiary alicyclic amines) is 1. The molecule has 1 aliphatic rings. The van der Waals surface area contributed by atoms with Gasteiger partial charge < -0.3 is 21.1 Å². The smallest absolute Gasteiger partial charge is 0.407 e. The van der Waals surface area contributed by atoms with Crippen LogP contribution in [0.4, 0.5) is 10.6 Å². The number of nitrogen functional groups attached to an aromatic ring is 1. The zero-order chi connectivity index (χ0) is 18.1. The Morgan fingerprint density at radius 3 is 2.71 bits per heavy atom. The number of anilines is 1. The summed E-state index contributed by atoms with van der Waals surface area (Å²) in [5.74, 6) is -0.415. The minimum atomic E-state index is -0.976. The Balaban J connectivity index is 2.27. The molecule has 1 aromatic rings. The van der Waals surface area contributed by atoms with Gasteiger partial charge in [0.05, 0.1) is 18.3 Å². The number of rotatable bonds is 2. The van der Waals surface area contributed by atoms with E-state index in [1.165, 1.54) is 11.1 Å². The van der Waals surface area contributed by atoms with E-state index < -0.39 is 12.0 Å². The van der Waals surface area contributed by atoms with Crippen LogP contribution in [0.2, 0.25) is 0 Å². The summed E-state index contributed by atoms with van der Waals surface area (Å²) in [5, 5.41) is 12.4. The summed E-state index contributed by atoms with van der Waals surface area (Å²) >= 11 is 3.17. The number of hydrogen-bond acceptors (Lipinski definition) is 5. The maximum Gasteiger partial charge on any atom is 0.407 e. The molecule has 4 N–H and O–H groups in total. The molecule has 24 heavy (non-hydrogen) atoms. The lowest BCUT2D eigenvalue weighted by Crippen LogP contribution is -2.61. The van der Waals surface area contributed by atoms with E-state index in [0.717, 1.165) is 0 Å². The van der Waals surface area contributed by atoms with Gasteiger partial charge in [-0.25, -0.2) is 14.8 Å². The van der Waals surface area contributed by atoms with Crippen LogP contribution < -0.4 is 11.1 Å². The maximum absolute atomic E-state index is 12.6. The predicted molar refractivity (Wildman–Crippen MR) is 92.6 cm³/mol. The van der Waals surface area contributed by atoms with E-state index in [2.05, 4.69) is 31.2 Å². The Hall–Kier alpha value is -1.90. The van der Waals surface area contributed by atoms with Gasteiger partial charge in [-0.1, -0.05) is 20.8 Å². The van der Waals surface area contributed by atoms with Gasteiger partial charge in [-0.3, -0.25) is 4.79 Å². The summed E-state index contributed by atoms with van der Waals surface area (Å²) < 4.78 is 0.407. The van der Waals surface area contributed by atoms with Crippen molar-refractivity contribution >= 4 is 33.7 Å². The zero-order valence-electron chi connectivity index (χ0n) is 13.9. The van der Waals surface area contributed by atoms with Crippen LogP contribution in [0.1, 0.15) is 44.1 Å². The number of carbonyl (C=O) groups excluding carboxylic acids is 1. The fourth-order valence-corrected chi connectivity index (χ4v) is 3.49. The van der Waals surface area contributed by atoms with Gasteiger partial charge in [-0.05, 0) is 34.2 Å². The molecule has 1 aromatic heterocycles. The van der Waals surface area contributed by atoms with Crippen LogP contribution in [0.15, 0.2) is 10.8 Å². The second-order valence-electron chi connectivity index (χ2n) is 6.94. The van der Waals surface area contributed by atoms with Crippen LogP contribution in [-0.4, -0.2) is 50.6 Å². The fraction of sp³-hybridized carbons (Fsp3) is 0.600. The van der Waals surface area contributed by atoms with E-state index >= 15 is 0 Å². The molecule has 2 rings (SSSR count). The summed E-state index contributed by atoms with van der Waals surface area (Å²) in [4.78, 5) is 33.5. The molecule has 0 spiro atoms. The van der Waals surface area contributed by atoms with Crippen molar-refractivity contribution in [3.8, 4) is 0 Å². The molecule has 0 saturated carbocycles. The van der Waals surface area contributed by atoms with Gasteiger partial charge in [0.15, 0.2) is 11.5 Å². The van der Waals surface area contributed by atoms with E-state index in [9.17, 15) is 14.7 Å². The third-order valence-corrected chi connectivity index (χ3v) is 4.45. The van der Waals surface area contributed by atoms with Crippen molar-refractivity contribution in [3.63, 3.8) is 0 Å².